The zero-order valence-corrected chi connectivity index (χ0v) is 14.4. The summed E-state index contributed by atoms with van der Waals surface area (Å²) in [6.45, 7) is 3.54. The van der Waals surface area contributed by atoms with Gasteiger partial charge in [-0.2, -0.15) is 0 Å². The molecular weight excluding hydrogens is 334 g/mol. The number of fused-ring (bicyclic) bond motifs is 1. The Hall–Kier alpha value is -3.00. The maximum Gasteiger partial charge on any atom is 0.410 e. The van der Waals surface area contributed by atoms with Crippen LogP contribution in [-0.4, -0.2) is 50.6 Å². The first-order valence-electron chi connectivity index (χ1n) is 8.44. The van der Waals surface area contributed by atoms with Crippen LogP contribution in [0.5, 0.6) is 0 Å². The van der Waals surface area contributed by atoms with E-state index in [4.69, 9.17) is 9.47 Å². The molecule has 0 aliphatic carbocycles. The summed E-state index contributed by atoms with van der Waals surface area (Å²) in [6.07, 6.45) is 2.47. The number of nitrogens with zero attached hydrogens (tertiary/aromatic N) is 4. The first-order chi connectivity index (χ1) is 12.7. The molecule has 4 rings (SSSR count). The first-order valence-corrected chi connectivity index (χ1v) is 8.44. The summed E-state index contributed by atoms with van der Waals surface area (Å²) >= 11 is 0. The Labute approximate surface area is 150 Å². The molecular formula is C18H19N5O3. The second-order valence-corrected chi connectivity index (χ2v) is 6.20. The predicted molar refractivity (Wildman–Crippen MR) is 93.3 cm³/mol. The number of aromatic nitrogens is 4. The fourth-order valence-electron chi connectivity index (χ4n) is 2.82. The molecule has 8 nitrogen and oxygen atoms in total. The number of hydrogen-bond acceptors (Lipinski definition) is 6. The Morgan fingerprint density at radius 3 is 2.92 bits per heavy atom. The third-order valence-corrected chi connectivity index (χ3v) is 4.26. The van der Waals surface area contributed by atoms with Crippen molar-refractivity contribution in [2.45, 2.75) is 19.6 Å². The highest BCUT2D eigenvalue weighted by atomic mass is 16.6. The van der Waals surface area contributed by atoms with Gasteiger partial charge in [-0.25, -0.2) is 19.7 Å². The van der Waals surface area contributed by atoms with Crippen LogP contribution in [-0.2, 0) is 16.1 Å². The third kappa shape index (κ3) is 3.50. The zero-order valence-electron chi connectivity index (χ0n) is 14.4. The molecule has 26 heavy (non-hydrogen) atoms. The van der Waals surface area contributed by atoms with Crippen LogP contribution >= 0.6 is 0 Å². The maximum atomic E-state index is 12.4. The predicted octanol–water partition coefficient (Wildman–Crippen LogP) is 2.37. The van der Waals surface area contributed by atoms with Gasteiger partial charge >= 0.3 is 6.09 Å². The number of morpholine rings is 1. The minimum atomic E-state index is -0.355. The van der Waals surface area contributed by atoms with Gasteiger partial charge in [0.05, 0.1) is 13.2 Å². The molecule has 1 aliphatic rings. The number of carbonyl (C=O) groups is 1. The number of aromatic amines is 1. The number of hydrogen-bond donors (Lipinski definition) is 1. The number of H-pyrrole nitrogens is 1. The number of imidazole rings is 1. The summed E-state index contributed by atoms with van der Waals surface area (Å²) in [5.74, 6) is 0.613. The minimum Gasteiger partial charge on any atom is -0.445 e. The van der Waals surface area contributed by atoms with Gasteiger partial charge in [0.15, 0.2) is 11.3 Å². The minimum absolute atomic E-state index is 0.250. The zero-order chi connectivity index (χ0) is 17.9. The van der Waals surface area contributed by atoms with Gasteiger partial charge in [-0.05, 0) is 12.5 Å². The van der Waals surface area contributed by atoms with Gasteiger partial charge in [0, 0.05) is 18.9 Å². The molecule has 134 valence electrons. The van der Waals surface area contributed by atoms with E-state index in [9.17, 15) is 4.79 Å². The van der Waals surface area contributed by atoms with Crippen molar-refractivity contribution in [3.8, 4) is 0 Å². The maximum absolute atomic E-state index is 12.4. The lowest BCUT2D eigenvalue weighted by atomic mass is 10.2. The molecule has 1 aliphatic heterocycles. The number of carbonyl (C=O) groups excluding carboxylic acids is 1. The Morgan fingerprint density at radius 1 is 1.31 bits per heavy atom. The third-order valence-electron chi connectivity index (χ3n) is 4.26. The molecule has 1 fully saturated rings. The molecule has 3 aromatic rings. The van der Waals surface area contributed by atoms with E-state index in [1.54, 1.807) is 17.3 Å². The molecule has 0 spiro atoms. The van der Waals surface area contributed by atoms with Gasteiger partial charge in [-0.15, -0.1) is 0 Å². The van der Waals surface area contributed by atoms with Crippen molar-refractivity contribution in [3.63, 3.8) is 0 Å². The van der Waals surface area contributed by atoms with Crippen LogP contribution in [0.25, 0.3) is 11.3 Å². The smallest absolute Gasteiger partial charge is 0.410 e. The van der Waals surface area contributed by atoms with Crippen LogP contribution in [0.1, 0.15) is 23.1 Å². The highest BCUT2D eigenvalue weighted by Gasteiger charge is 2.28. The Morgan fingerprint density at radius 2 is 2.12 bits per heavy atom. The highest BCUT2D eigenvalue weighted by Crippen LogP contribution is 2.22. The Kier molecular flexibility index (Phi) is 4.49. The van der Waals surface area contributed by atoms with E-state index in [0.717, 1.165) is 5.56 Å². The van der Waals surface area contributed by atoms with Crippen molar-refractivity contribution in [1.29, 1.82) is 0 Å². The summed E-state index contributed by atoms with van der Waals surface area (Å²) in [4.78, 5) is 29.8. The molecule has 3 heterocycles. The summed E-state index contributed by atoms with van der Waals surface area (Å²) in [7, 11) is 0. The lowest BCUT2D eigenvalue weighted by molar-refractivity contribution is -0.0330. The molecule has 1 atom stereocenters. The second-order valence-electron chi connectivity index (χ2n) is 6.20. The van der Waals surface area contributed by atoms with Gasteiger partial charge in [-0.3, -0.25) is 0 Å². The number of nitrogens with one attached hydrogen (secondary N) is 1. The molecule has 0 radical (unpaired) electrons. The molecule has 1 saturated heterocycles. The number of amides is 1. The standard InChI is InChI=1S/C18H19N5O3/c1-12-2-4-13(5-3-12)11-26-18(24)23-8-9-25-14(10-23)15-21-16-17(22-15)20-7-6-19-16/h2-7,14H,8-11H2,1H3,(H,19,20,21,22)/t14-/m0/s1. The van der Waals surface area contributed by atoms with Crippen molar-refractivity contribution in [1.82, 2.24) is 24.8 Å². The summed E-state index contributed by atoms with van der Waals surface area (Å²) in [5.41, 5.74) is 3.27. The van der Waals surface area contributed by atoms with Crippen LogP contribution in [0, 0.1) is 6.92 Å². The SMILES string of the molecule is Cc1ccc(COC(=O)N2CCO[C@H](c3nc4nccnc4[nH]3)C2)cc1. The van der Waals surface area contributed by atoms with Crippen LogP contribution in [0.3, 0.4) is 0 Å². The molecule has 1 aromatic carbocycles. The molecule has 1 amide bonds. The largest absolute Gasteiger partial charge is 0.445 e. The second kappa shape index (κ2) is 7.09. The normalized spacial score (nSPS) is 17.4. The van der Waals surface area contributed by atoms with Crippen molar-refractivity contribution in [2.24, 2.45) is 0 Å². The molecule has 8 heteroatoms. The van der Waals surface area contributed by atoms with E-state index in [-0.39, 0.29) is 18.8 Å². The van der Waals surface area contributed by atoms with E-state index in [1.807, 2.05) is 31.2 Å². The molecule has 1 N–H and O–H groups in total. The Balaban J connectivity index is 1.39. The monoisotopic (exact) mass is 353 g/mol. The van der Waals surface area contributed by atoms with Crippen LogP contribution in [0.4, 0.5) is 4.79 Å². The van der Waals surface area contributed by atoms with Crippen molar-refractivity contribution in [2.75, 3.05) is 19.7 Å². The molecule has 0 saturated carbocycles. The van der Waals surface area contributed by atoms with Gasteiger partial charge in [-0.1, -0.05) is 29.8 Å². The number of benzene rings is 1. The molecule has 0 bridgehead atoms. The number of ether oxygens (including phenoxy) is 2. The van der Waals surface area contributed by atoms with Crippen LogP contribution in [0.2, 0.25) is 0 Å². The van der Waals surface area contributed by atoms with Crippen LogP contribution in [0.15, 0.2) is 36.7 Å². The quantitative estimate of drug-likeness (QED) is 0.777. The lowest BCUT2D eigenvalue weighted by Gasteiger charge is -2.31. The lowest BCUT2D eigenvalue weighted by Crippen LogP contribution is -2.42. The topological polar surface area (TPSA) is 93.2 Å². The highest BCUT2D eigenvalue weighted by molar-refractivity contribution is 5.68. The summed E-state index contributed by atoms with van der Waals surface area (Å²) < 4.78 is 11.2. The molecule has 0 unspecified atom stereocenters. The van der Waals surface area contributed by atoms with Crippen molar-refractivity contribution in [3.05, 3.63) is 53.6 Å². The summed E-state index contributed by atoms with van der Waals surface area (Å²) in [5, 5.41) is 0. The van der Waals surface area contributed by atoms with E-state index in [2.05, 4.69) is 19.9 Å². The fourth-order valence-corrected chi connectivity index (χ4v) is 2.82. The number of rotatable bonds is 3. The average molecular weight is 353 g/mol. The van der Waals surface area contributed by atoms with E-state index in [1.165, 1.54) is 5.56 Å². The van der Waals surface area contributed by atoms with E-state index in [0.29, 0.717) is 36.8 Å². The van der Waals surface area contributed by atoms with E-state index >= 15 is 0 Å². The first kappa shape index (κ1) is 16.5. The van der Waals surface area contributed by atoms with Crippen LogP contribution < -0.4 is 0 Å². The fraction of sp³-hybridized carbons (Fsp3) is 0.333. The number of aryl methyl sites for hydroxylation is 1. The van der Waals surface area contributed by atoms with Gasteiger partial charge in [0.2, 0.25) is 0 Å². The van der Waals surface area contributed by atoms with Crippen molar-refractivity contribution >= 4 is 17.4 Å². The Bertz CT molecular complexity index is 876. The average Bonchev–Trinajstić information content (AvgIpc) is 3.12. The molecule has 2 aromatic heterocycles. The van der Waals surface area contributed by atoms with Crippen molar-refractivity contribution < 1.29 is 14.3 Å². The van der Waals surface area contributed by atoms with E-state index < -0.39 is 0 Å². The van der Waals surface area contributed by atoms with Gasteiger partial charge in [0.25, 0.3) is 0 Å². The van der Waals surface area contributed by atoms with Gasteiger partial charge in [0.1, 0.15) is 18.5 Å². The van der Waals surface area contributed by atoms with Gasteiger partial charge < -0.3 is 19.4 Å². The summed E-state index contributed by atoms with van der Waals surface area (Å²) in [6, 6.07) is 7.91.